The molecule has 24 heavy (non-hydrogen) atoms. The molecule has 0 aliphatic carbocycles. The number of fused-ring (bicyclic) bond motifs is 1. The van der Waals surface area contributed by atoms with Gasteiger partial charge >= 0.3 is 0 Å². The van der Waals surface area contributed by atoms with Gasteiger partial charge in [-0.3, -0.25) is 0 Å². The van der Waals surface area contributed by atoms with E-state index >= 15 is 0 Å². The Morgan fingerprint density at radius 1 is 0.750 bits per heavy atom. The second kappa shape index (κ2) is 7.70. The zero-order valence-electron chi connectivity index (χ0n) is 14.3. The monoisotopic (exact) mass is 314 g/mol. The predicted octanol–water partition coefficient (Wildman–Crippen LogP) is 5.59. The normalized spacial score (nSPS) is 10.2. The van der Waals surface area contributed by atoms with Crippen LogP contribution in [0.3, 0.4) is 0 Å². The first-order chi connectivity index (χ1) is 11.8. The van der Waals surface area contributed by atoms with E-state index in [0.29, 0.717) is 0 Å². The molecule has 0 N–H and O–H groups in total. The van der Waals surface area contributed by atoms with Crippen molar-refractivity contribution in [2.75, 3.05) is 6.61 Å². The predicted molar refractivity (Wildman–Crippen MR) is 102 cm³/mol. The lowest BCUT2D eigenvalue weighted by Crippen LogP contribution is -1.94. The van der Waals surface area contributed by atoms with Crippen LogP contribution in [-0.2, 0) is 6.42 Å². The van der Waals surface area contributed by atoms with E-state index in [9.17, 15) is 0 Å². The summed E-state index contributed by atoms with van der Waals surface area (Å²) < 4.78 is 5.59. The summed E-state index contributed by atoms with van der Waals surface area (Å²) in [6.45, 7) is 5.04. The third-order valence-electron chi connectivity index (χ3n) is 3.99. The fourth-order valence-electron chi connectivity index (χ4n) is 2.59. The number of rotatable bonds is 4. The Hall–Kier alpha value is -2.72. The number of hydrogen-bond donors (Lipinski definition) is 0. The second-order valence-corrected chi connectivity index (χ2v) is 5.87. The van der Waals surface area contributed by atoms with Crippen LogP contribution in [0.4, 0.5) is 0 Å². The van der Waals surface area contributed by atoms with Crippen molar-refractivity contribution < 1.29 is 4.74 Å². The van der Waals surface area contributed by atoms with Gasteiger partial charge in [0.2, 0.25) is 0 Å². The van der Waals surface area contributed by atoms with Crippen LogP contribution in [-0.4, -0.2) is 6.61 Å². The minimum Gasteiger partial charge on any atom is -0.494 e. The van der Waals surface area contributed by atoms with Crippen LogP contribution in [0.2, 0.25) is 0 Å². The molecule has 0 aliphatic heterocycles. The summed E-state index contributed by atoms with van der Waals surface area (Å²) in [4.78, 5) is 0. The summed E-state index contributed by atoms with van der Waals surface area (Å²) in [7, 11) is 0. The van der Waals surface area contributed by atoms with E-state index in [1.165, 1.54) is 16.3 Å². The maximum Gasteiger partial charge on any atom is 0.119 e. The molecule has 3 aromatic carbocycles. The van der Waals surface area contributed by atoms with E-state index in [4.69, 9.17) is 4.74 Å². The van der Waals surface area contributed by atoms with Gasteiger partial charge in [0.15, 0.2) is 0 Å². The van der Waals surface area contributed by atoms with E-state index in [0.717, 1.165) is 36.3 Å². The zero-order valence-corrected chi connectivity index (χ0v) is 14.3. The third kappa shape index (κ3) is 3.97. The fraction of sp³-hybridized carbons (Fsp3) is 0.217. The molecule has 0 heterocycles. The Bertz CT molecular complexity index is 879. The summed E-state index contributed by atoms with van der Waals surface area (Å²) in [5.41, 5.74) is 3.41. The van der Waals surface area contributed by atoms with Gasteiger partial charge in [-0.2, -0.15) is 0 Å². The third-order valence-corrected chi connectivity index (χ3v) is 3.99. The molecule has 0 radical (unpaired) electrons. The Morgan fingerprint density at radius 3 is 2.17 bits per heavy atom. The first kappa shape index (κ1) is 16.1. The highest BCUT2D eigenvalue weighted by Crippen LogP contribution is 2.18. The maximum atomic E-state index is 5.59. The number of benzene rings is 3. The van der Waals surface area contributed by atoms with Gasteiger partial charge < -0.3 is 4.74 Å². The van der Waals surface area contributed by atoms with Crippen molar-refractivity contribution in [1.29, 1.82) is 0 Å². The highest BCUT2D eigenvalue weighted by atomic mass is 16.5. The van der Waals surface area contributed by atoms with Crippen LogP contribution in [0.1, 0.15) is 37.0 Å². The molecule has 0 fully saturated rings. The van der Waals surface area contributed by atoms with Gasteiger partial charge in [-0.1, -0.05) is 50.0 Å². The number of aryl methyl sites for hydroxylation is 1. The first-order valence-corrected chi connectivity index (χ1v) is 8.56. The summed E-state index contributed by atoms with van der Waals surface area (Å²) >= 11 is 0. The molecule has 1 heteroatoms. The van der Waals surface area contributed by atoms with Gasteiger partial charge in [0.05, 0.1) is 6.61 Å². The average Bonchev–Trinajstić information content (AvgIpc) is 2.65. The van der Waals surface area contributed by atoms with Crippen molar-refractivity contribution in [1.82, 2.24) is 0 Å². The minimum atomic E-state index is 0.752. The van der Waals surface area contributed by atoms with Crippen molar-refractivity contribution >= 4 is 10.8 Å². The molecule has 0 bridgehead atoms. The van der Waals surface area contributed by atoms with Crippen molar-refractivity contribution in [2.45, 2.75) is 26.7 Å². The SMILES string of the molecule is CCCOc1ccc(C#Cc2ccc3cc(CC)ccc3c2)cc1. The van der Waals surface area contributed by atoms with Gasteiger partial charge in [-0.25, -0.2) is 0 Å². The molecule has 120 valence electrons. The molecule has 0 aliphatic rings. The van der Waals surface area contributed by atoms with Crippen LogP contribution in [0.15, 0.2) is 60.7 Å². The minimum absolute atomic E-state index is 0.752. The van der Waals surface area contributed by atoms with E-state index in [1.807, 2.05) is 24.3 Å². The van der Waals surface area contributed by atoms with E-state index in [-0.39, 0.29) is 0 Å². The van der Waals surface area contributed by atoms with E-state index in [2.05, 4.69) is 62.1 Å². The summed E-state index contributed by atoms with van der Waals surface area (Å²) in [6, 6.07) is 21.0. The maximum absolute atomic E-state index is 5.59. The molecule has 0 unspecified atom stereocenters. The van der Waals surface area contributed by atoms with Crippen LogP contribution in [0.5, 0.6) is 5.75 Å². The molecule has 3 aromatic rings. The van der Waals surface area contributed by atoms with E-state index < -0.39 is 0 Å². The summed E-state index contributed by atoms with van der Waals surface area (Å²) in [6.07, 6.45) is 2.08. The van der Waals surface area contributed by atoms with Gasteiger partial charge in [0, 0.05) is 11.1 Å². The quantitative estimate of drug-likeness (QED) is 0.570. The molecule has 0 amide bonds. The molecular formula is C23H22O. The number of hydrogen-bond acceptors (Lipinski definition) is 1. The molecular weight excluding hydrogens is 292 g/mol. The Kier molecular flexibility index (Phi) is 5.18. The van der Waals surface area contributed by atoms with Crippen molar-refractivity contribution in [3.63, 3.8) is 0 Å². The molecule has 0 aromatic heterocycles. The Labute approximate surface area is 144 Å². The highest BCUT2D eigenvalue weighted by Gasteiger charge is 1.97. The topological polar surface area (TPSA) is 9.23 Å². The zero-order chi connectivity index (χ0) is 16.8. The van der Waals surface area contributed by atoms with Crippen LogP contribution in [0, 0.1) is 11.8 Å². The largest absolute Gasteiger partial charge is 0.494 e. The van der Waals surface area contributed by atoms with Crippen molar-refractivity contribution in [2.24, 2.45) is 0 Å². The summed E-state index contributed by atoms with van der Waals surface area (Å²) in [5.74, 6) is 7.38. The first-order valence-electron chi connectivity index (χ1n) is 8.56. The van der Waals surface area contributed by atoms with Crippen LogP contribution < -0.4 is 4.74 Å². The van der Waals surface area contributed by atoms with Gasteiger partial charge in [0.25, 0.3) is 0 Å². The lowest BCUT2D eigenvalue weighted by Gasteiger charge is -2.03. The average molecular weight is 314 g/mol. The Balaban J connectivity index is 1.78. The van der Waals surface area contributed by atoms with Gasteiger partial charge in [0.1, 0.15) is 5.75 Å². The summed E-state index contributed by atoms with van der Waals surface area (Å²) in [5, 5.41) is 2.51. The molecule has 3 rings (SSSR count). The van der Waals surface area contributed by atoms with E-state index in [1.54, 1.807) is 0 Å². The van der Waals surface area contributed by atoms with Crippen LogP contribution >= 0.6 is 0 Å². The smallest absolute Gasteiger partial charge is 0.119 e. The molecule has 0 spiro atoms. The Morgan fingerprint density at radius 2 is 1.42 bits per heavy atom. The van der Waals surface area contributed by atoms with Crippen molar-refractivity contribution in [3.8, 4) is 17.6 Å². The molecule has 1 nitrogen and oxygen atoms in total. The molecule has 0 saturated carbocycles. The molecule has 0 atom stereocenters. The fourth-order valence-corrected chi connectivity index (χ4v) is 2.59. The van der Waals surface area contributed by atoms with Gasteiger partial charge in [-0.05, 0) is 65.6 Å². The highest BCUT2D eigenvalue weighted by molar-refractivity contribution is 5.84. The lowest BCUT2D eigenvalue weighted by molar-refractivity contribution is 0.317. The molecule has 0 saturated heterocycles. The number of ether oxygens (including phenoxy) is 1. The van der Waals surface area contributed by atoms with Crippen LogP contribution in [0.25, 0.3) is 10.8 Å². The van der Waals surface area contributed by atoms with Gasteiger partial charge in [-0.15, -0.1) is 0 Å². The lowest BCUT2D eigenvalue weighted by atomic mass is 10.0. The van der Waals surface area contributed by atoms with Crippen molar-refractivity contribution in [3.05, 3.63) is 77.4 Å². The second-order valence-electron chi connectivity index (χ2n) is 5.87. The standard InChI is InChI=1S/C23H22O/c1-3-15-24-23-13-9-19(10-14-23)5-6-20-8-12-21-16-18(4-2)7-11-22(21)17-20/h7-14,16-17H,3-4,15H2,1-2H3.